The van der Waals surface area contributed by atoms with E-state index in [-0.39, 0.29) is 5.91 Å². The van der Waals surface area contributed by atoms with Gasteiger partial charge >= 0.3 is 0 Å². The number of rotatable bonds is 6. The van der Waals surface area contributed by atoms with Crippen LogP contribution >= 0.6 is 34.7 Å². The molecule has 0 bridgehead atoms. The molecule has 0 saturated carbocycles. The summed E-state index contributed by atoms with van der Waals surface area (Å²) in [5.41, 5.74) is 3.29. The van der Waals surface area contributed by atoms with Gasteiger partial charge in [-0.3, -0.25) is 4.79 Å². The molecule has 4 rings (SSSR count). The fraction of sp³-hybridized carbons (Fsp3) is 0.0952. The first kappa shape index (κ1) is 18.2. The second-order valence-electron chi connectivity index (χ2n) is 5.96. The number of amides is 1. The van der Waals surface area contributed by atoms with Crippen molar-refractivity contribution in [3.05, 3.63) is 75.9 Å². The number of nitrogens with one attached hydrogen (secondary N) is 2. The summed E-state index contributed by atoms with van der Waals surface area (Å²) in [7, 11) is 0. The molecule has 2 N–H and O–H groups in total. The molecule has 0 unspecified atom stereocenters. The molecular weight excluding hydrogens is 396 g/mol. The highest BCUT2D eigenvalue weighted by Gasteiger charge is 2.14. The monoisotopic (exact) mass is 412 g/mol. The zero-order valence-corrected chi connectivity index (χ0v) is 16.8. The Morgan fingerprint density at radius 1 is 1.07 bits per heavy atom. The molecule has 0 spiro atoms. The van der Waals surface area contributed by atoms with E-state index in [4.69, 9.17) is 11.6 Å². The van der Waals surface area contributed by atoms with Crippen molar-refractivity contribution < 1.29 is 4.79 Å². The average Bonchev–Trinajstić information content (AvgIpc) is 3.34. The highest BCUT2D eigenvalue weighted by atomic mass is 35.5. The van der Waals surface area contributed by atoms with Crippen LogP contribution in [0.15, 0.2) is 70.9 Å². The summed E-state index contributed by atoms with van der Waals surface area (Å²) in [6.45, 7) is 0.612. The van der Waals surface area contributed by atoms with Gasteiger partial charge in [-0.05, 0) is 35.2 Å². The minimum Gasteiger partial charge on any atom is -0.354 e. The number of benzene rings is 2. The van der Waals surface area contributed by atoms with Gasteiger partial charge in [0.05, 0.1) is 10.6 Å². The maximum absolute atomic E-state index is 12.1. The predicted molar refractivity (Wildman–Crippen MR) is 116 cm³/mol. The molecule has 0 radical (unpaired) electrons. The summed E-state index contributed by atoms with van der Waals surface area (Å²) in [6.07, 6.45) is 0. The van der Waals surface area contributed by atoms with Gasteiger partial charge in [0.15, 0.2) is 0 Å². The third-order valence-corrected chi connectivity index (χ3v) is 6.41. The van der Waals surface area contributed by atoms with Gasteiger partial charge in [-0.25, -0.2) is 0 Å². The van der Waals surface area contributed by atoms with Crippen molar-refractivity contribution in [3.8, 4) is 11.3 Å². The molecule has 0 aliphatic heterocycles. The number of fused-ring (bicyclic) bond motifs is 1. The number of para-hydroxylation sites is 1. The van der Waals surface area contributed by atoms with E-state index in [9.17, 15) is 4.79 Å². The lowest BCUT2D eigenvalue weighted by molar-refractivity contribution is 0.0960. The Hall–Kier alpha value is -2.21. The number of halogens is 1. The fourth-order valence-electron chi connectivity index (χ4n) is 2.90. The van der Waals surface area contributed by atoms with E-state index in [0.29, 0.717) is 6.54 Å². The van der Waals surface area contributed by atoms with Crippen LogP contribution < -0.4 is 5.32 Å². The van der Waals surface area contributed by atoms with Crippen molar-refractivity contribution in [3.63, 3.8) is 0 Å². The first-order valence-corrected chi connectivity index (χ1v) is 10.8. The quantitative estimate of drug-likeness (QED) is 0.298. The molecule has 6 heteroatoms. The van der Waals surface area contributed by atoms with Crippen LogP contribution in [0.25, 0.3) is 22.2 Å². The maximum atomic E-state index is 12.1. The number of carbonyl (C=O) groups excluding carboxylic acids is 1. The Balaban J connectivity index is 1.52. The number of aromatic amines is 1. The van der Waals surface area contributed by atoms with Crippen LogP contribution in [0.5, 0.6) is 0 Å². The van der Waals surface area contributed by atoms with Gasteiger partial charge in [-0.15, -0.1) is 23.1 Å². The number of aromatic nitrogens is 1. The Morgan fingerprint density at radius 3 is 2.67 bits per heavy atom. The number of carbonyl (C=O) groups is 1. The van der Waals surface area contributed by atoms with Gasteiger partial charge in [0.1, 0.15) is 0 Å². The highest BCUT2D eigenvalue weighted by Crippen LogP contribution is 2.37. The summed E-state index contributed by atoms with van der Waals surface area (Å²) in [6, 6.07) is 19.9. The van der Waals surface area contributed by atoms with Crippen molar-refractivity contribution >= 4 is 51.5 Å². The normalized spacial score (nSPS) is 11.0. The predicted octanol–water partition coefficient (Wildman–Crippen LogP) is 6.07. The van der Waals surface area contributed by atoms with Gasteiger partial charge < -0.3 is 10.3 Å². The zero-order valence-electron chi connectivity index (χ0n) is 14.4. The Morgan fingerprint density at radius 2 is 1.89 bits per heavy atom. The van der Waals surface area contributed by atoms with Crippen molar-refractivity contribution in [1.82, 2.24) is 10.3 Å². The molecule has 3 nitrogen and oxygen atoms in total. The topological polar surface area (TPSA) is 44.9 Å². The largest absolute Gasteiger partial charge is 0.354 e. The average molecular weight is 413 g/mol. The van der Waals surface area contributed by atoms with E-state index >= 15 is 0 Å². The second kappa shape index (κ2) is 8.21. The number of thiophene rings is 1. The highest BCUT2D eigenvalue weighted by molar-refractivity contribution is 7.99. The lowest BCUT2D eigenvalue weighted by Gasteiger charge is -2.07. The summed E-state index contributed by atoms with van der Waals surface area (Å²) in [4.78, 5) is 17.5. The number of H-pyrrole nitrogens is 1. The van der Waals surface area contributed by atoms with E-state index in [2.05, 4.69) is 22.4 Å². The molecule has 1 amide bonds. The summed E-state index contributed by atoms with van der Waals surface area (Å²) in [5.74, 6) is 0.780. The standard InChI is InChI=1S/C21H17ClN2OS2/c22-15-9-7-14(8-10-15)19-20(16-4-1-2-5-17(16)24-19)27-13-11-23-21(25)18-6-3-12-26-18/h1-10,12,24H,11,13H2,(H,23,25). The van der Waals surface area contributed by atoms with Crippen LogP contribution in [0.1, 0.15) is 9.67 Å². The van der Waals surface area contributed by atoms with Crippen molar-refractivity contribution in [1.29, 1.82) is 0 Å². The fourth-order valence-corrected chi connectivity index (χ4v) is 4.72. The molecule has 136 valence electrons. The van der Waals surface area contributed by atoms with Crippen LogP contribution in [0.3, 0.4) is 0 Å². The zero-order chi connectivity index (χ0) is 18.6. The SMILES string of the molecule is O=C(NCCSc1c(-c2ccc(Cl)cc2)[nH]c2ccccc12)c1cccs1. The minimum atomic E-state index is -0.0116. The van der Waals surface area contributed by atoms with Crippen LogP contribution in [0.4, 0.5) is 0 Å². The van der Waals surface area contributed by atoms with Crippen LogP contribution in [0, 0.1) is 0 Å². The molecule has 2 aromatic carbocycles. The lowest BCUT2D eigenvalue weighted by atomic mass is 10.1. The lowest BCUT2D eigenvalue weighted by Crippen LogP contribution is -2.24. The molecule has 4 aromatic rings. The molecule has 0 saturated heterocycles. The minimum absolute atomic E-state index is 0.0116. The van der Waals surface area contributed by atoms with E-state index in [0.717, 1.165) is 32.4 Å². The Kier molecular flexibility index (Phi) is 5.53. The molecule has 0 aliphatic rings. The van der Waals surface area contributed by atoms with E-state index in [1.807, 2.05) is 53.9 Å². The number of hydrogen-bond acceptors (Lipinski definition) is 3. The van der Waals surface area contributed by atoms with Crippen LogP contribution in [0.2, 0.25) is 5.02 Å². The molecule has 0 fully saturated rings. The summed E-state index contributed by atoms with van der Waals surface area (Å²) in [5, 5.41) is 6.81. The summed E-state index contributed by atoms with van der Waals surface area (Å²) >= 11 is 9.24. The third-order valence-electron chi connectivity index (χ3n) is 4.17. The molecule has 27 heavy (non-hydrogen) atoms. The molecular formula is C21H17ClN2OS2. The van der Waals surface area contributed by atoms with E-state index in [1.165, 1.54) is 21.6 Å². The van der Waals surface area contributed by atoms with E-state index < -0.39 is 0 Å². The molecule has 2 heterocycles. The first-order valence-electron chi connectivity index (χ1n) is 8.53. The Labute approximate surface area is 170 Å². The molecule has 0 aliphatic carbocycles. The molecule has 2 aromatic heterocycles. The second-order valence-corrected chi connectivity index (χ2v) is 8.45. The first-order chi connectivity index (χ1) is 13.2. The van der Waals surface area contributed by atoms with Crippen molar-refractivity contribution in [2.45, 2.75) is 4.90 Å². The van der Waals surface area contributed by atoms with Gasteiger partial charge in [-0.1, -0.05) is 48.0 Å². The summed E-state index contributed by atoms with van der Waals surface area (Å²) < 4.78 is 0. The van der Waals surface area contributed by atoms with Gasteiger partial charge in [0, 0.05) is 33.1 Å². The number of hydrogen-bond donors (Lipinski definition) is 2. The Bertz CT molecular complexity index is 1060. The van der Waals surface area contributed by atoms with Crippen molar-refractivity contribution in [2.75, 3.05) is 12.3 Å². The molecule has 0 atom stereocenters. The maximum Gasteiger partial charge on any atom is 0.261 e. The van der Waals surface area contributed by atoms with Crippen molar-refractivity contribution in [2.24, 2.45) is 0 Å². The van der Waals surface area contributed by atoms with Crippen LogP contribution in [-0.4, -0.2) is 23.2 Å². The number of thioether (sulfide) groups is 1. The van der Waals surface area contributed by atoms with Gasteiger partial charge in [-0.2, -0.15) is 0 Å². The van der Waals surface area contributed by atoms with Crippen LogP contribution in [-0.2, 0) is 0 Å². The van der Waals surface area contributed by atoms with E-state index in [1.54, 1.807) is 11.8 Å². The van der Waals surface area contributed by atoms with Gasteiger partial charge in [0.25, 0.3) is 5.91 Å². The third kappa shape index (κ3) is 4.05. The smallest absolute Gasteiger partial charge is 0.261 e. The van der Waals surface area contributed by atoms with Gasteiger partial charge in [0.2, 0.25) is 0 Å².